The van der Waals surface area contributed by atoms with Gasteiger partial charge >= 0.3 is 5.97 Å². The first kappa shape index (κ1) is 14.2. The van der Waals surface area contributed by atoms with Gasteiger partial charge < -0.3 is 14.7 Å². The van der Waals surface area contributed by atoms with Gasteiger partial charge in [0, 0.05) is 23.6 Å². The summed E-state index contributed by atoms with van der Waals surface area (Å²) in [4.78, 5) is 25.5. The second-order valence-corrected chi connectivity index (χ2v) is 7.17. The standard InChI is InChI=1S/C14H21NO4S/c16-13(10-5-6-11(19-10)14(17)18)15-7-8-20-12-4-2-1-3-9(12)15/h9-12H,1-8H2,(H,17,18)/t9?,10-,11+,12?/m0/s1. The fourth-order valence-corrected chi connectivity index (χ4v) is 5.00. The molecule has 0 bridgehead atoms. The number of ether oxygens (including phenoxy) is 1. The number of carbonyl (C=O) groups excluding carboxylic acids is 1. The van der Waals surface area contributed by atoms with Crippen LogP contribution in [0.3, 0.4) is 0 Å². The molecular weight excluding hydrogens is 278 g/mol. The average molecular weight is 299 g/mol. The zero-order valence-corrected chi connectivity index (χ0v) is 12.3. The zero-order valence-electron chi connectivity index (χ0n) is 11.5. The maximum Gasteiger partial charge on any atom is 0.332 e. The van der Waals surface area contributed by atoms with Crippen LogP contribution in [0.4, 0.5) is 0 Å². The highest BCUT2D eigenvalue weighted by Gasteiger charge is 2.42. The number of fused-ring (bicyclic) bond motifs is 1. The van der Waals surface area contributed by atoms with E-state index in [0.717, 1.165) is 18.7 Å². The predicted octanol–water partition coefficient (Wildman–Crippen LogP) is 1.51. The van der Waals surface area contributed by atoms with E-state index in [1.165, 1.54) is 19.3 Å². The molecule has 2 unspecified atom stereocenters. The average Bonchev–Trinajstić information content (AvgIpc) is 2.96. The Bertz CT molecular complexity index is 401. The second-order valence-electron chi connectivity index (χ2n) is 5.82. The summed E-state index contributed by atoms with van der Waals surface area (Å²) in [6, 6.07) is 0.336. The molecule has 0 aromatic heterocycles. The van der Waals surface area contributed by atoms with Gasteiger partial charge in [-0.3, -0.25) is 4.79 Å². The van der Waals surface area contributed by atoms with Gasteiger partial charge in [-0.2, -0.15) is 11.8 Å². The van der Waals surface area contributed by atoms with Crippen LogP contribution >= 0.6 is 11.8 Å². The van der Waals surface area contributed by atoms with Crippen molar-refractivity contribution in [1.82, 2.24) is 4.90 Å². The predicted molar refractivity (Wildman–Crippen MR) is 75.7 cm³/mol. The number of carboxylic acids is 1. The van der Waals surface area contributed by atoms with Gasteiger partial charge in [-0.25, -0.2) is 4.79 Å². The maximum absolute atomic E-state index is 12.6. The lowest BCUT2D eigenvalue weighted by molar-refractivity contribution is -0.155. The second kappa shape index (κ2) is 5.93. The number of rotatable bonds is 2. The van der Waals surface area contributed by atoms with Crippen LogP contribution in [-0.2, 0) is 14.3 Å². The Morgan fingerprint density at radius 1 is 1.10 bits per heavy atom. The minimum atomic E-state index is -0.954. The Morgan fingerprint density at radius 2 is 1.85 bits per heavy atom. The first-order chi connectivity index (χ1) is 9.66. The summed E-state index contributed by atoms with van der Waals surface area (Å²) >= 11 is 1.99. The summed E-state index contributed by atoms with van der Waals surface area (Å²) in [6.07, 6.45) is 4.37. The van der Waals surface area contributed by atoms with Crippen LogP contribution in [0.5, 0.6) is 0 Å². The summed E-state index contributed by atoms with van der Waals surface area (Å²) in [5, 5.41) is 9.53. The molecular formula is C14H21NO4S. The lowest BCUT2D eigenvalue weighted by atomic mass is 9.93. The number of hydrogen-bond acceptors (Lipinski definition) is 4. The molecule has 112 valence electrons. The Hall–Kier alpha value is -0.750. The molecule has 4 atom stereocenters. The fourth-order valence-electron chi connectivity index (χ4n) is 3.56. The molecule has 0 aromatic rings. The van der Waals surface area contributed by atoms with Crippen molar-refractivity contribution in [3.05, 3.63) is 0 Å². The van der Waals surface area contributed by atoms with Crippen molar-refractivity contribution >= 4 is 23.6 Å². The van der Waals surface area contributed by atoms with E-state index < -0.39 is 18.2 Å². The minimum Gasteiger partial charge on any atom is -0.479 e. The molecule has 2 heterocycles. The third-order valence-electron chi connectivity index (χ3n) is 4.59. The van der Waals surface area contributed by atoms with Crippen molar-refractivity contribution in [3.63, 3.8) is 0 Å². The molecule has 0 spiro atoms. The van der Waals surface area contributed by atoms with Gasteiger partial charge in [-0.05, 0) is 25.7 Å². The van der Waals surface area contributed by atoms with Crippen LogP contribution < -0.4 is 0 Å². The number of aliphatic carboxylic acids is 1. The summed E-state index contributed by atoms with van der Waals surface area (Å²) < 4.78 is 5.42. The zero-order chi connectivity index (χ0) is 14.1. The van der Waals surface area contributed by atoms with Crippen LogP contribution in [0, 0.1) is 0 Å². The molecule has 3 rings (SSSR count). The van der Waals surface area contributed by atoms with Crippen molar-refractivity contribution in [2.24, 2.45) is 0 Å². The van der Waals surface area contributed by atoms with Crippen LogP contribution in [0.1, 0.15) is 38.5 Å². The summed E-state index contributed by atoms with van der Waals surface area (Å²) in [5.41, 5.74) is 0. The van der Waals surface area contributed by atoms with Crippen molar-refractivity contribution in [2.75, 3.05) is 12.3 Å². The van der Waals surface area contributed by atoms with Gasteiger partial charge in [0.05, 0.1) is 0 Å². The highest BCUT2D eigenvalue weighted by atomic mass is 32.2. The van der Waals surface area contributed by atoms with Gasteiger partial charge in [0.15, 0.2) is 6.10 Å². The monoisotopic (exact) mass is 299 g/mol. The maximum atomic E-state index is 12.6. The Balaban J connectivity index is 1.65. The van der Waals surface area contributed by atoms with E-state index in [1.807, 2.05) is 16.7 Å². The summed E-state index contributed by atoms with van der Waals surface area (Å²) in [7, 11) is 0. The lowest BCUT2D eigenvalue weighted by Gasteiger charge is -2.44. The van der Waals surface area contributed by atoms with Crippen LogP contribution in [-0.4, -0.2) is 57.7 Å². The molecule has 1 amide bonds. The third kappa shape index (κ3) is 2.68. The van der Waals surface area contributed by atoms with E-state index in [0.29, 0.717) is 24.1 Å². The molecule has 1 N–H and O–H groups in total. The third-order valence-corrected chi connectivity index (χ3v) is 5.98. The molecule has 1 saturated carbocycles. The van der Waals surface area contributed by atoms with Gasteiger partial charge in [-0.1, -0.05) is 12.8 Å². The van der Waals surface area contributed by atoms with Gasteiger partial charge in [0.2, 0.25) is 0 Å². The molecule has 3 aliphatic rings. The van der Waals surface area contributed by atoms with E-state index >= 15 is 0 Å². The molecule has 20 heavy (non-hydrogen) atoms. The van der Waals surface area contributed by atoms with Gasteiger partial charge in [0.1, 0.15) is 6.10 Å². The van der Waals surface area contributed by atoms with Gasteiger partial charge in [-0.15, -0.1) is 0 Å². The number of amides is 1. The van der Waals surface area contributed by atoms with Crippen LogP contribution in [0.15, 0.2) is 0 Å². The number of carboxylic acid groups (broad SMARTS) is 1. The lowest BCUT2D eigenvalue weighted by Crippen LogP contribution is -2.54. The highest BCUT2D eigenvalue weighted by molar-refractivity contribution is 8.00. The van der Waals surface area contributed by atoms with E-state index in [9.17, 15) is 9.59 Å². The van der Waals surface area contributed by atoms with Crippen molar-refractivity contribution in [1.29, 1.82) is 0 Å². The summed E-state index contributed by atoms with van der Waals surface area (Å²) in [6.45, 7) is 0.780. The quantitative estimate of drug-likeness (QED) is 0.837. The van der Waals surface area contributed by atoms with E-state index in [1.54, 1.807) is 0 Å². The number of carbonyl (C=O) groups is 2. The molecule has 2 aliphatic heterocycles. The highest BCUT2D eigenvalue weighted by Crippen LogP contribution is 2.36. The van der Waals surface area contributed by atoms with Crippen LogP contribution in [0.2, 0.25) is 0 Å². The van der Waals surface area contributed by atoms with E-state index in [4.69, 9.17) is 9.84 Å². The van der Waals surface area contributed by atoms with E-state index in [-0.39, 0.29) is 5.91 Å². The van der Waals surface area contributed by atoms with Crippen molar-refractivity contribution < 1.29 is 19.4 Å². The SMILES string of the molecule is O=C(O)[C@H]1CC[C@@H](C(=O)N2CCSC3CCCCC32)O1. The molecule has 2 saturated heterocycles. The molecule has 5 nitrogen and oxygen atoms in total. The molecule has 6 heteroatoms. The summed E-state index contributed by atoms with van der Waals surface area (Å²) in [5.74, 6) is 0.0538. The Kier molecular flexibility index (Phi) is 4.21. The van der Waals surface area contributed by atoms with Crippen LogP contribution in [0.25, 0.3) is 0 Å². The van der Waals surface area contributed by atoms with Crippen molar-refractivity contribution in [2.45, 2.75) is 62.0 Å². The first-order valence-corrected chi connectivity index (χ1v) is 8.52. The first-order valence-electron chi connectivity index (χ1n) is 7.47. The van der Waals surface area contributed by atoms with Crippen molar-refractivity contribution in [3.8, 4) is 0 Å². The normalized spacial score (nSPS) is 37.5. The van der Waals surface area contributed by atoms with E-state index in [2.05, 4.69) is 0 Å². The molecule has 0 radical (unpaired) electrons. The van der Waals surface area contributed by atoms with Gasteiger partial charge in [0.25, 0.3) is 5.91 Å². The number of thioether (sulfide) groups is 1. The number of nitrogens with zero attached hydrogens (tertiary/aromatic N) is 1. The number of hydrogen-bond donors (Lipinski definition) is 1. The Labute approximate surface area is 123 Å². The largest absolute Gasteiger partial charge is 0.479 e. The Morgan fingerprint density at radius 3 is 2.60 bits per heavy atom. The minimum absolute atomic E-state index is 0.0194. The topological polar surface area (TPSA) is 66.8 Å². The smallest absolute Gasteiger partial charge is 0.332 e. The fraction of sp³-hybridized carbons (Fsp3) is 0.857. The molecule has 3 fully saturated rings. The molecule has 1 aliphatic carbocycles. The molecule has 0 aromatic carbocycles.